The van der Waals surface area contributed by atoms with E-state index >= 15 is 0 Å². The zero-order valence-electron chi connectivity index (χ0n) is 10.8. The van der Waals surface area contributed by atoms with Crippen LogP contribution in [0.25, 0.3) is 0 Å². The minimum absolute atomic E-state index is 0.262. The number of hydrogen-bond donors (Lipinski definition) is 1. The van der Waals surface area contributed by atoms with E-state index in [0.29, 0.717) is 6.04 Å². The van der Waals surface area contributed by atoms with Gasteiger partial charge in [0.15, 0.2) is 0 Å². The first-order valence-corrected chi connectivity index (χ1v) is 5.95. The molecule has 0 saturated heterocycles. The Bertz CT molecular complexity index is 294. The fourth-order valence-corrected chi connectivity index (χ4v) is 1.57. The molecule has 2 atom stereocenters. The highest BCUT2D eigenvalue weighted by Gasteiger charge is 2.09. The summed E-state index contributed by atoms with van der Waals surface area (Å²) in [4.78, 5) is 0. The Kier molecular flexibility index (Phi) is 5.50. The molecular weight excluding hydrogens is 198 g/mol. The van der Waals surface area contributed by atoms with E-state index in [1.54, 1.807) is 7.11 Å². The van der Waals surface area contributed by atoms with Crippen LogP contribution in [0.3, 0.4) is 0 Å². The standard InChI is InChI=1S/C14H23NO/c1-11-5-7-14(8-6-11)9-10-15-12(2)13(3)16-4/h5-8,12-13,15H,9-10H2,1-4H3. The molecule has 1 rings (SSSR count). The maximum atomic E-state index is 5.27. The molecule has 2 heteroatoms. The third-order valence-electron chi connectivity index (χ3n) is 3.08. The van der Waals surface area contributed by atoms with Gasteiger partial charge in [0.05, 0.1) is 6.10 Å². The highest BCUT2D eigenvalue weighted by molar-refractivity contribution is 5.21. The Morgan fingerprint density at radius 2 is 1.81 bits per heavy atom. The smallest absolute Gasteiger partial charge is 0.0693 e. The molecule has 0 fully saturated rings. The van der Waals surface area contributed by atoms with Crippen molar-refractivity contribution in [3.8, 4) is 0 Å². The van der Waals surface area contributed by atoms with Gasteiger partial charge in [-0.3, -0.25) is 0 Å². The molecule has 0 saturated carbocycles. The van der Waals surface area contributed by atoms with Gasteiger partial charge in [-0.05, 0) is 39.3 Å². The highest BCUT2D eigenvalue weighted by Crippen LogP contribution is 2.03. The second-order valence-corrected chi connectivity index (χ2v) is 4.42. The number of aryl methyl sites for hydroxylation is 1. The van der Waals surface area contributed by atoms with Crippen LogP contribution in [0.2, 0.25) is 0 Å². The third-order valence-corrected chi connectivity index (χ3v) is 3.08. The summed E-state index contributed by atoms with van der Waals surface area (Å²) in [5, 5.41) is 3.47. The molecule has 2 unspecified atom stereocenters. The fourth-order valence-electron chi connectivity index (χ4n) is 1.57. The first-order valence-electron chi connectivity index (χ1n) is 5.95. The third kappa shape index (κ3) is 4.33. The summed E-state index contributed by atoms with van der Waals surface area (Å²) < 4.78 is 5.27. The lowest BCUT2D eigenvalue weighted by molar-refractivity contribution is 0.0890. The number of benzene rings is 1. The first-order chi connectivity index (χ1) is 7.63. The molecule has 0 heterocycles. The van der Waals surface area contributed by atoms with Crippen molar-refractivity contribution in [2.24, 2.45) is 0 Å². The summed E-state index contributed by atoms with van der Waals surface area (Å²) in [5.74, 6) is 0. The molecule has 1 N–H and O–H groups in total. The highest BCUT2D eigenvalue weighted by atomic mass is 16.5. The Morgan fingerprint density at radius 1 is 1.19 bits per heavy atom. The van der Waals surface area contributed by atoms with Crippen molar-refractivity contribution in [3.63, 3.8) is 0 Å². The van der Waals surface area contributed by atoms with Crippen LogP contribution in [0.1, 0.15) is 25.0 Å². The van der Waals surface area contributed by atoms with E-state index in [2.05, 4.69) is 50.4 Å². The number of nitrogens with one attached hydrogen (secondary N) is 1. The number of hydrogen-bond acceptors (Lipinski definition) is 2. The molecular formula is C14H23NO. The molecule has 1 aromatic carbocycles. The van der Waals surface area contributed by atoms with Gasteiger partial charge >= 0.3 is 0 Å². The quantitative estimate of drug-likeness (QED) is 0.797. The molecule has 0 aliphatic heterocycles. The zero-order valence-corrected chi connectivity index (χ0v) is 10.8. The van der Waals surface area contributed by atoms with Crippen molar-refractivity contribution in [1.29, 1.82) is 0 Å². The molecule has 0 aromatic heterocycles. The summed E-state index contributed by atoms with van der Waals surface area (Å²) in [6.45, 7) is 7.36. The largest absolute Gasteiger partial charge is 0.380 e. The van der Waals surface area contributed by atoms with Crippen LogP contribution in [0.5, 0.6) is 0 Å². The van der Waals surface area contributed by atoms with E-state index in [1.807, 2.05) is 0 Å². The summed E-state index contributed by atoms with van der Waals surface area (Å²) in [7, 11) is 1.75. The van der Waals surface area contributed by atoms with Crippen LogP contribution >= 0.6 is 0 Å². The fraction of sp³-hybridized carbons (Fsp3) is 0.571. The summed E-state index contributed by atoms with van der Waals surface area (Å²) in [5.41, 5.74) is 2.70. The van der Waals surface area contributed by atoms with Crippen molar-refractivity contribution in [3.05, 3.63) is 35.4 Å². The molecule has 0 spiro atoms. The van der Waals surface area contributed by atoms with Gasteiger partial charge in [-0.15, -0.1) is 0 Å². The second-order valence-electron chi connectivity index (χ2n) is 4.42. The topological polar surface area (TPSA) is 21.3 Å². The van der Waals surface area contributed by atoms with Crippen molar-refractivity contribution in [2.75, 3.05) is 13.7 Å². The van der Waals surface area contributed by atoms with Crippen molar-refractivity contribution in [1.82, 2.24) is 5.32 Å². The van der Waals surface area contributed by atoms with Crippen molar-refractivity contribution >= 4 is 0 Å². The molecule has 90 valence electrons. The lowest BCUT2D eigenvalue weighted by Gasteiger charge is -2.19. The Labute approximate surface area is 99.0 Å². The van der Waals surface area contributed by atoms with Gasteiger partial charge in [0, 0.05) is 13.2 Å². The van der Waals surface area contributed by atoms with E-state index in [1.165, 1.54) is 11.1 Å². The van der Waals surface area contributed by atoms with Gasteiger partial charge in [-0.2, -0.15) is 0 Å². The van der Waals surface area contributed by atoms with Gasteiger partial charge in [0.2, 0.25) is 0 Å². The van der Waals surface area contributed by atoms with Crippen LogP contribution < -0.4 is 5.32 Å². The second kappa shape index (κ2) is 6.66. The van der Waals surface area contributed by atoms with Crippen LogP contribution in [-0.2, 0) is 11.2 Å². The molecule has 2 nitrogen and oxygen atoms in total. The Hall–Kier alpha value is -0.860. The van der Waals surface area contributed by atoms with Crippen molar-refractivity contribution in [2.45, 2.75) is 39.3 Å². The average molecular weight is 221 g/mol. The number of methoxy groups -OCH3 is 1. The molecule has 0 amide bonds. The number of ether oxygens (including phenoxy) is 1. The molecule has 16 heavy (non-hydrogen) atoms. The Balaban J connectivity index is 2.27. The van der Waals surface area contributed by atoms with E-state index in [0.717, 1.165) is 13.0 Å². The zero-order chi connectivity index (χ0) is 12.0. The van der Waals surface area contributed by atoms with Crippen LogP contribution in [-0.4, -0.2) is 25.8 Å². The van der Waals surface area contributed by atoms with E-state index in [-0.39, 0.29) is 6.10 Å². The van der Waals surface area contributed by atoms with E-state index in [4.69, 9.17) is 4.74 Å². The van der Waals surface area contributed by atoms with E-state index in [9.17, 15) is 0 Å². The minimum Gasteiger partial charge on any atom is -0.380 e. The molecule has 1 aromatic rings. The van der Waals surface area contributed by atoms with Crippen molar-refractivity contribution < 1.29 is 4.74 Å². The lowest BCUT2D eigenvalue weighted by Crippen LogP contribution is -2.37. The maximum absolute atomic E-state index is 5.27. The molecule has 0 aliphatic rings. The molecule has 0 aliphatic carbocycles. The van der Waals surface area contributed by atoms with Gasteiger partial charge in [0.1, 0.15) is 0 Å². The van der Waals surface area contributed by atoms with Gasteiger partial charge in [-0.25, -0.2) is 0 Å². The monoisotopic (exact) mass is 221 g/mol. The van der Waals surface area contributed by atoms with Crippen LogP contribution in [0.15, 0.2) is 24.3 Å². The van der Waals surface area contributed by atoms with Gasteiger partial charge in [-0.1, -0.05) is 29.8 Å². The van der Waals surface area contributed by atoms with Gasteiger partial charge < -0.3 is 10.1 Å². The number of rotatable bonds is 6. The summed E-state index contributed by atoms with van der Waals surface area (Å²) in [6.07, 6.45) is 1.33. The molecule has 0 bridgehead atoms. The van der Waals surface area contributed by atoms with Crippen LogP contribution in [0, 0.1) is 6.92 Å². The Morgan fingerprint density at radius 3 is 2.38 bits per heavy atom. The molecule has 0 radical (unpaired) electrons. The minimum atomic E-state index is 0.262. The van der Waals surface area contributed by atoms with E-state index < -0.39 is 0 Å². The lowest BCUT2D eigenvalue weighted by atomic mass is 10.1. The normalized spacial score (nSPS) is 14.8. The van der Waals surface area contributed by atoms with Crippen LogP contribution in [0.4, 0.5) is 0 Å². The van der Waals surface area contributed by atoms with Gasteiger partial charge in [0.25, 0.3) is 0 Å². The predicted molar refractivity (Wildman–Crippen MR) is 68.8 cm³/mol. The predicted octanol–water partition coefficient (Wildman–Crippen LogP) is 2.55. The average Bonchev–Trinajstić information content (AvgIpc) is 2.30. The summed E-state index contributed by atoms with van der Waals surface area (Å²) >= 11 is 0. The SMILES string of the molecule is COC(C)C(C)NCCc1ccc(C)cc1. The maximum Gasteiger partial charge on any atom is 0.0693 e. The first kappa shape index (κ1) is 13.2. The summed E-state index contributed by atoms with van der Waals surface area (Å²) in [6, 6.07) is 9.12.